The first-order chi connectivity index (χ1) is 10.5. The van der Waals surface area contributed by atoms with E-state index in [1.54, 1.807) is 0 Å². The summed E-state index contributed by atoms with van der Waals surface area (Å²) < 4.78 is 6.60. The molecule has 3 N–H and O–H groups in total. The van der Waals surface area contributed by atoms with Crippen molar-refractivity contribution in [3.8, 4) is 5.75 Å². The Hall–Kier alpha value is -1.60. The molecule has 22 heavy (non-hydrogen) atoms. The van der Waals surface area contributed by atoms with Crippen LogP contribution in [-0.2, 0) is 4.79 Å². The molecule has 1 aromatic rings. The summed E-state index contributed by atoms with van der Waals surface area (Å²) in [5.41, 5.74) is 0. The minimum absolute atomic E-state index is 0.225. The van der Waals surface area contributed by atoms with Crippen LogP contribution < -0.4 is 20.3 Å². The van der Waals surface area contributed by atoms with Gasteiger partial charge in [-0.1, -0.05) is 22.9 Å². The van der Waals surface area contributed by atoms with Crippen LogP contribution in [0.1, 0.15) is 13.3 Å². The van der Waals surface area contributed by atoms with Gasteiger partial charge in [-0.2, -0.15) is 0 Å². The SMILES string of the molecule is CCCNC(=O)NC(=O)C[NH+](C)CCOc1ccc(Br)cc1. The van der Waals surface area contributed by atoms with E-state index in [0.29, 0.717) is 19.7 Å². The van der Waals surface area contributed by atoms with Gasteiger partial charge >= 0.3 is 6.03 Å². The van der Waals surface area contributed by atoms with Crippen LogP contribution in [0.3, 0.4) is 0 Å². The lowest BCUT2D eigenvalue weighted by molar-refractivity contribution is -0.871. The van der Waals surface area contributed by atoms with Gasteiger partial charge in [-0.3, -0.25) is 10.1 Å². The molecule has 0 heterocycles. The molecule has 6 nitrogen and oxygen atoms in total. The first kappa shape index (κ1) is 18.4. The number of nitrogens with one attached hydrogen (secondary N) is 3. The van der Waals surface area contributed by atoms with Crippen molar-refractivity contribution in [3.05, 3.63) is 28.7 Å². The molecule has 7 heteroatoms. The molecule has 0 aliphatic heterocycles. The molecule has 0 radical (unpaired) electrons. The molecular weight excluding hydrogens is 350 g/mol. The molecule has 0 aliphatic carbocycles. The molecule has 1 unspecified atom stereocenters. The summed E-state index contributed by atoms with van der Waals surface area (Å²) in [7, 11) is 1.88. The topological polar surface area (TPSA) is 71.9 Å². The van der Waals surface area contributed by atoms with Crippen molar-refractivity contribution in [2.45, 2.75) is 13.3 Å². The molecule has 1 atom stereocenters. The number of benzene rings is 1. The van der Waals surface area contributed by atoms with Crippen molar-refractivity contribution in [1.82, 2.24) is 10.6 Å². The molecular formula is C15H23BrN3O3+. The second kappa shape index (κ2) is 10.2. The smallest absolute Gasteiger partial charge is 0.321 e. The number of imide groups is 1. The second-order valence-electron chi connectivity index (χ2n) is 4.99. The van der Waals surface area contributed by atoms with Gasteiger partial charge < -0.3 is 15.0 Å². The molecule has 0 fully saturated rings. The molecule has 0 spiro atoms. The number of hydrogen-bond donors (Lipinski definition) is 3. The Morgan fingerprint density at radius 3 is 2.59 bits per heavy atom. The fourth-order valence-electron chi connectivity index (χ4n) is 1.69. The van der Waals surface area contributed by atoms with Gasteiger partial charge in [-0.05, 0) is 30.7 Å². The Labute approximate surface area is 139 Å². The first-order valence-electron chi connectivity index (χ1n) is 7.28. The normalized spacial score (nSPS) is 11.6. The standard InChI is InChI=1S/C15H22BrN3O3/c1-3-8-17-15(21)18-14(20)11-19(2)9-10-22-13-6-4-12(16)5-7-13/h4-7H,3,8-11H2,1-2H3,(H2,17,18,20,21)/p+1. The summed E-state index contributed by atoms with van der Waals surface area (Å²) in [6.45, 7) is 3.90. The Kier molecular flexibility index (Phi) is 8.54. The van der Waals surface area contributed by atoms with Crippen LogP contribution in [0.2, 0.25) is 0 Å². The van der Waals surface area contributed by atoms with E-state index in [4.69, 9.17) is 4.74 Å². The van der Waals surface area contributed by atoms with E-state index in [0.717, 1.165) is 21.5 Å². The largest absolute Gasteiger partial charge is 0.488 e. The average molecular weight is 373 g/mol. The summed E-state index contributed by atoms with van der Waals surface area (Å²) in [5, 5.41) is 4.90. The third-order valence-corrected chi connectivity index (χ3v) is 3.39. The number of ether oxygens (including phenoxy) is 1. The van der Waals surface area contributed by atoms with Crippen LogP contribution in [0.4, 0.5) is 4.79 Å². The van der Waals surface area contributed by atoms with E-state index in [-0.39, 0.29) is 12.5 Å². The number of rotatable bonds is 8. The summed E-state index contributed by atoms with van der Waals surface area (Å²) in [6, 6.07) is 7.14. The minimum Gasteiger partial charge on any atom is -0.488 e. The van der Waals surface area contributed by atoms with Gasteiger partial charge in [0.1, 0.15) is 18.9 Å². The molecule has 3 amide bonds. The highest BCUT2D eigenvalue weighted by Gasteiger charge is 2.12. The maximum absolute atomic E-state index is 11.7. The van der Waals surface area contributed by atoms with Gasteiger partial charge in [0.15, 0.2) is 6.54 Å². The monoisotopic (exact) mass is 372 g/mol. The van der Waals surface area contributed by atoms with Crippen LogP contribution in [0.15, 0.2) is 28.7 Å². The van der Waals surface area contributed by atoms with Crippen LogP contribution in [0, 0.1) is 0 Å². The van der Waals surface area contributed by atoms with Gasteiger partial charge in [0.05, 0.1) is 7.05 Å². The quantitative estimate of drug-likeness (QED) is 0.624. The Morgan fingerprint density at radius 1 is 1.27 bits per heavy atom. The lowest BCUT2D eigenvalue weighted by Crippen LogP contribution is -3.10. The number of carbonyl (C=O) groups excluding carboxylic acids is 2. The van der Waals surface area contributed by atoms with Gasteiger partial charge in [0.25, 0.3) is 5.91 Å². The summed E-state index contributed by atoms with van der Waals surface area (Å²) in [5.74, 6) is 0.495. The molecule has 0 aromatic heterocycles. The van der Waals surface area contributed by atoms with Crippen molar-refractivity contribution in [2.75, 3.05) is 33.3 Å². The van der Waals surface area contributed by atoms with Crippen molar-refractivity contribution in [3.63, 3.8) is 0 Å². The highest BCUT2D eigenvalue weighted by Crippen LogP contribution is 2.15. The van der Waals surface area contributed by atoms with Gasteiger partial charge in [0.2, 0.25) is 0 Å². The lowest BCUT2D eigenvalue weighted by atomic mass is 10.3. The highest BCUT2D eigenvalue weighted by molar-refractivity contribution is 9.10. The summed E-state index contributed by atoms with van der Waals surface area (Å²) >= 11 is 3.36. The third kappa shape index (κ3) is 7.99. The number of carbonyl (C=O) groups is 2. The van der Waals surface area contributed by atoms with Gasteiger partial charge in [-0.15, -0.1) is 0 Å². The first-order valence-corrected chi connectivity index (χ1v) is 8.08. The van der Waals surface area contributed by atoms with E-state index in [1.807, 2.05) is 38.2 Å². The number of urea groups is 1. The zero-order valence-electron chi connectivity index (χ0n) is 12.9. The maximum atomic E-state index is 11.7. The molecule has 1 aromatic carbocycles. The van der Waals surface area contributed by atoms with Gasteiger partial charge in [0, 0.05) is 11.0 Å². The van der Waals surface area contributed by atoms with Crippen molar-refractivity contribution < 1.29 is 19.2 Å². The van der Waals surface area contributed by atoms with Crippen LogP contribution >= 0.6 is 15.9 Å². The zero-order valence-corrected chi connectivity index (χ0v) is 14.5. The second-order valence-corrected chi connectivity index (χ2v) is 5.91. The fourth-order valence-corrected chi connectivity index (χ4v) is 1.95. The van der Waals surface area contributed by atoms with E-state index in [2.05, 4.69) is 26.6 Å². The predicted octanol–water partition coefficient (Wildman–Crippen LogP) is 0.578. The van der Waals surface area contributed by atoms with E-state index in [9.17, 15) is 9.59 Å². The molecule has 1 rings (SSSR count). The number of amides is 3. The van der Waals surface area contributed by atoms with Crippen molar-refractivity contribution in [2.24, 2.45) is 0 Å². The number of halogens is 1. The van der Waals surface area contributed by atoms with E-state index in [1.165, 1.54) is 0 Å². The van der Waals surface area contributed by atoms with Crippen LogP contribution in [-0.4, -0.2) is 45.2 Å². The fraction of sp³-hybridized carbons (Fsp3) is 0.467. The minimum atomic E-state index is -0.439. The highest BCUT2D eigenvalue weighted by atomic mass is 79.9. The van der Waals surface area contributed by atoms with Crippen molar-refractivity contribution >= 4 is 27.9 Å². The lowest BCUT2D eigenvalue weighted by Gasteiger charge is -2.14. The third-order valence-electron chi connectivity index (χ3n) is 2.86. The Balaban J connectivity index is 2.19. The van der Waals surface area contributed by atoms with Gasteiger partial charge in [-0.25, -0.2) is 4.79 Å². The predicted molar refractivity (Wildman–Crippen MR) is 88.1 cm³/mol. The Bertz CT molecular complexity index is 479. The van der Waals surface area contributed by atoms with E-state index >= 15 is 0 Å². The summed E-state index contributed by atoms with van der Waals surface area (Å²) in [6.07, 6.45) is 0.833. The molecule has 0 saturated carbocycles. The molecule has 0 saturated heterocycles. The molecule has 0 aliphatic rings. The zero-order chi connectivity index (χ0) is 16.4. The summed E-state index contributed by atoms with van der Waals surface area (Å²) in [4.78, 5) is 24.0. The number of likely N-dealkylation sites (N-methyl/N-ethyl adjacent to an activating group) is 1. The Morgan fingerprint density at radius 2 is 1.95 bits per heavy atom. The van der Waals surface area contributed by atoms with Crippen molar-refractivity contribution in [1.29, 1.82) is 0 Å². The average Bonchev–Trinajstić information content (AvgIpc) is 2.47. The number of quaternary nitrogens is 1. The van der Waals surface area contributed by atoms with Crippen LogP contribution in [0.5, 0.6) is 5.75 Å². The molecule has 0 bridgehead atoms. The molecule has 122 valence electrons. The number of hydrogen-bond acceptors (Lipinski definition) is 3. The van der Waals surface area contributed by atoms with Crippen LogP contribution in [0.25, 0.3) is 0 Å². The maximum Gasteiger partial charge on any atom is 0.321 e. The van der Waals surface area contributed by atoms with E-state index < -0.39 is 6.03 Å².